The van der Waals surface area contributed by atoms with Gasteiger partial charge in [0.15, 0.2) is 0 Å². The van der Waals surface area contributed by atoms with Crippen LogP contribution in [0.2, 0.25) is 0 Å². The molecular formula is C13H15NO2. The number of hydrogen-bond donors (Lipinski definition) is 2. The molecule has 84 valence electrons. The molecule has 0 radical (unpaired) electrons. The molecule has 2 aliphatic rings. The topological polar surface area (TPSA) is 49.3 Å². The third kappa shape index (κ3) is 1.90. The zero-order valence-corrected chi connectivity index (χ0v) is 9.02. The molecule has 2 fully saturated rings. The molecule has 1 aromatic carbocycles. The maximum atomic E-state index is 10.5. The van der Waals surface area contributed by atoms with Gasteiger partial charge in [0, 0.05) is 12.0 Å². The molecular weight excluding hydrogens is 202 g/mol. The van der Waals surface area contributed by atoms with Crippen LogP contribution in [0, 0.1) is 0 Å². The molecule has 0 heterocycles. The van der Waals surface area contributed by atoms with Gasteiger partial charge in [-0.25, -0.2) is 4.79 Å². The Morgan fingerprint density at radius 2 is 1.81 bits per heavy atom. The lowest BCUT2D eigenvalue weighted by molar-refractivity contribution is 0.193. The Morgan fingerprint density at radius 1 is 1.19 bits per heavy atom. The Balaban J connectivity index is 1.65. The molecule has 2 N–H and O–H groups in total. The first-order chi connectivity index (χ1) is 7.74. The summed E-state index contributed by atoms with van der Waals surface area (Å²) in [6.07, 6.45) is 2.68. The predicted molar refractivity (Wildman–Crippen MR) is 60.7 cm³/mol. The Kier molecular flexibility index (Phi) is 2.13. The van der Waals surface area contributed by atoms with Crippen molar-refractivity contribution >= 4 is 6.09 Å². The second kappa shape index (κ2) is 3.51. The van der Waals surface area contributed by atoms with E-state index in [0.29, 0.717) is 5.92 Å². The lowest BCUT2D eigenvalue weighted by Gasteiger charge is -2.03. The van der Waals surface area contributed by atoms with E-state index in [9.17, 15) is 4.79 Å². The van der Waals surface area contributed by atoms with Crippen molar-refractivity contribution in [2.24, 2.45) is 0 Å². The minimum absolute atomic E-state index is 0.129. The van der Waals surface area contributed by atoms with Gasteiger partial charge in [-0.3, -0.25) is 0 Å². The van der Waals surface area contributed by atoms with E-state index < -0.39 is 6.09 Å². The number of carboxylic acid groups (broad SMARTS) is 1. The van der Waals surface area contributed by atoms with Crippen molar-refractivity contribution in [2.75, 3.05) is 0 Å². The molecule has 1 amide bonds. The summed E-state index contributed by atoms with van der Waals surface area (Å²) in [5.41, 5.74) is 2.70. The van der Waals surface area contributed by atoms with Gasteiger partial charge in [0.2, 0.25) is 0 Å². The van der Waals surface area contributed by atoms with Crippen molar-refractivity contribution in [2.45, 2.75) is 37.1 Å². The maximum absolute atomic E-state index is 10.5. The zero-order chi connectivity index (χ0) is 11.1. The summed E-state index contributed by atoms with van der Waals surface area (Å²) >= 11 is 0. The van der Waals surface area contributed by atoms with Crippen molar-refractivity contribution in [3.8, 4) is 0 Å². The summed E-state index contributed by atoms with van der Waals surface area (Å²) < 4.78 is 0. The van der Waals surface area contributed by atoms with Crippen molar-refractivity contribution in [1.82, 2.24) is 5.32 Å². The molecule has 0 unspecified atom stereocenters. The van der Waals surface area contributed by atoms with Crippen LogP contribution in [0.3, 0.4) is 0 Å². The largest absolute Gasteiger partial charge is 0.465 e. The van der Waals surface area contributed by atoms with Gasteiger partial charge in [0.05, 0.1) is 0 Å². The third-order valence-corrected chi connectivity index (χ3v) is 3.51. The first-order valence-corrected chi connectivity index (χ1v) is 5.83. The second-order valence-electron chi connectivity index (χ2n) is 4.84. The van der Waals surface area contributed by atoms with E-state index in [2.05, 4.69) is 29.6 Å². The monoisotopic (exact) mass is 217 g/mol. The van der Waals surface area contributed by atoms with E-state index in [1.165, 1.54) is 24.0 Å². The van der Waals surface area contributed by atoms with Gasteiger partial charge in [-0.05, 0) is 36.3 Å². The summed E-state index contributed by atoms with van der Waals surface area (Å²) in [7, 11) is 0. The molecule has 0 aliphatic heterocycles. The van der Waals surface area contributed by atoms with Crippen LogP contribution in [0.1, 0.15) is 42.2 Å². The molecule has 0 saturated heterocycles. The molecule has 2 saturated carbocycles. The molecule has 3 rings (SSSR count). The summed E-state index contributed by atoms with van der Waals surface area (Å²) in [4.78, 5) is 10.5. The first-order valence-electron chi connectivity index (χ1n) is 5.83. The molecule has 2 aliphatic carbocycles. The highest BCUT2D eigenvalue weighted by Crippen LogP contribution is 2.43. The van der Waals surface area contributed by atoms with Crippen molar-refractivity contribution in [3.05, 3.63) is 35.4 Å². The molecule has 2 atom stereocenters. The molecule has 3 heteroatoms. The van der Waals surface area contributed by atoms with E-state index in [1.807, 2.05) is 0 Å². The van der Waals surface area contributed by atoms with Gasteiger partial charge in [0.1, 0.15) is 0 Å². The van der Waals surface area contributed by atoms with Gasteiger partial charge in [-0.1, -0.05) is 24.3 Å². The Bertz CT molecular complexity index is 408. The highest BCUT2D eigenvalue weighted by Gasteiger charge is 2.39. The highest BCUT2D eigenvalue weighted by atomic mass is 16.4. The smallest absolute Gasteiger partial charge is 0.404 e. The Labute approximate surface area is 94.5 Å². The molecule has 1 aromatic rings. The molecule has 0 aromatic heterocycles. The van der Waals surface area contributed by atoms with Crippen LogP contribution in [-0.4, -0.2) is 17.2 Å². The maximum Gasteiger partial charge on any atom is 0.404 e. The number of carbonyl (C=O) groups is 1. The Morgan fingerprint density at radius 3 is 2.38 bits per heavy atom. The number of hydrogen-bond acceptors (Lipinski definition) is 1. The van der Waals surface area contributed by atoms with Crippen LogP contribution in [0.4, 0.5) is 4.79 Å². The van der Waals surface area contributed by atoms with Crippen molar-refractivity contribution < 1.29 is 9.90 Å². The Hall–Kier alpha value is -1.51. The van der Waals surface area contributed by atoms with Crippen LogP contribution in [-0.2, 0) is 0 Å². The number of nitrogens with one attached hydrogen (secondary N) is 1. The van der Waals surface area contributed by atoms with Crippen LogP contribution in [0.5, 0.6) is 0 Å². The van der Waals surface area contributed by atoms with E-state index >= 15 is 0 Å². The van der Waals surface area contributed by atoms with Gasteiger partial charge in [-0.15, -0.1) is 0 Å². The van der Waals surface area contributed by atoms with Gasteiger partial charge >= 0.3 is 6.09 Å². The quantitative estimate of drug-likeness (QED) is 0.817. The van der Waals surface area contributed by atoms with Gasteiger partial charge in [0.25, 0.3) is 0 Å². The van der Waals surface area contributed by atoms with E-state index in [-0.39, 0.29) is 6.04 Å². The van der Waals surface area contributed by atoms with E-state index in [4.69, 9.17) is 5.11 Å². The standard InChI is InChI=1S/C13H15NO2/c15-13(16)14-12-7-11(12)10-5-3-9(4-6-10)8-1-2-8/h3-6,8,11-12,14H,1-2,7H2,(H,15,16)/t11-,12+/m0/s1. The lowest BCUT2D eigenvalue weighted by atomic mass is 10.1. The number of benzene rings is 1. The summed E-state index contributed by atoms with van der Waals surface area (Å²) in [5.74, 6) is 1.19. The fourth-order valence-electron chi connectivity index (χ4n) is 2.31. The van der Waals surface area contributed by atoms with E-state index in [0.717, 1.165) is 12.3 Å². The van der Waals surface area contributed by atoms with Crippen LogP contribution in [0.25, 0.3) is 0 Å². The average molecular weight is 217 g/mol. The second-order valence-corrected chi connectivity index (χ2v) is 4.84. The first kappa shape index (κ1) is 9.70. The highest BCUT2D eigenvalue weighted by molar-refractivity contribution is 5.65. The number of rotatable bonds is 3. The fraction of sp³-hybridized carbons (Fsp3) is 0.462. The normalized spacial score (nSPS) is 27.5. The van der Waals surface area contributed by atoms with Crippen LogP contribution in [0.15, 0.2) is 24.3 Å². The SMILES string of the molecule is O=C(O)N[C@@H]1C[C@H]1c1ccc(C2CC2)cc1. The van der Waals surface area contributed by atoms with E-state index in [1.54, 1.807) is 0 Å². The van der Waals surface area contributed by atoms with Gasteiger partial charge in [-0.2, -0.15) is 0 Å². The van der Waals surface area contributed by atoms with Crippen LogP contribution < -0.4 is 5.32 Å². The summed E-state index contributed by atoms with van der Waals surface area (Å²) in [5, 5.41) is 11.1. The van der Waals surface area contributed by atoms with Crippen molar-refractivity contribution in [1.29, 1.82) is 0 Å². The molecule has 0 bridgehead atoms. The minimum Gasteiger partial charge on any atom is -0.465 e. The molecule has 0 spiro atoms. The lowest BCUT2D eigenvalue weighted by Crippen LogP contribution is -2.24. The van der Waals surface area contributed by atoms with Crippen molar-refractivity contribution in [3.63, 3.8) is 0 Å². The molecule has 16 heavy (non-hydrogen) atoms. The summed E-state index contributed by atoms with van der Waals surface area (Å²) in [6, 6.07) is 8.83. The third-order valence-electron chi connectivity index (χ3n) is 3.51. The van der Waals surface area contributed by atoms with Gasteiger partial charge < -0.3 is 10.4 Å². The summed E-state index contributed by atoms with van der Waals surface area (Å²) in [6.45, 7) is 0. The zero-order valence-electron chi connectivity index (χ0n) is 9.02. The predicted octanol–water partition coefficient (Wildman–Crippen LogP) is 2.69. The minimum atomic E-state index is -0.915. The fourth-order valence-corrected chi connectivity index (χ4v) is 2.31. The van der Waals surface area contributed by atoms with Crippen LogP contribution >= 0.6 is 0 Å². The average Bonchev–Trinajstić information content (AvgIpc) is 3.12. The molecule has 3 nitrogen and oxygen atoms in total. The number of amides is 1.